The third-order valence-corrected chi connectivity index (χ3v) is 4.30. The number of aryl methyl sites for hydroxylation is 1. The van der Waals surface area contributed by atoms with Gasteiger partial charge in [0, 0.05) is 16.6 Å². The van der Waals surface area contributed by atoms with Gasteiger partial charge in [-0.25, -0.2) is 0 Å². The van der Waals surface area contributed by atoms with E-state index in [0.29, 0.717) is 6.54 Å². The molecule has 0 aromatic heterocycles. The molecule has 0 spiro atoms. The molecule has 1 saturated carbocycles. The van der Waals surface area contributed by atoms with E-state index in [1.807, 2.05) is 31.2 Å². The Kier molecular flexibility index (Phi) is 3.47. The van der Waals surface area contributed by atoms with Crippen LogP contribution in [0.15, 0.2) is 24.3 Å². The molecule has 0 aliphatic heterocycles. The van der Waals surface area contributed by atoms with Crippen LogP contribution in [0.2, 0.25) is 0 Å². The van der Waals surface area contributed by atoms with E-state index in [1.165, 1.54) is 10.5 Å². The van der Waals surface area contributed by atoms with Crippen molar-refractivity contribution in [2.24, 2.45) is 0 Å². The fourth-order valence-electron chi connectivity index (χ4n) is 3.17. The van der Waals surface area contributed by atoms with Crippen LogP contribution in [0.1, 0.15) is 53.3 Å². The van der Waals surface area contributed by atoms with Gasteiger partial charge in [0.1, 0.15) is 0 Å². The molecule has 1 aliphatic rings. The van der Waals surface area contributed by atoms with Gasteiger partial charge in [-0.2, -0.15) is 0 Å². The van der Waals surface area contributed by atoms with Crippen molar-refractivity contribution in [1.82, 2.24) is 4.90 Å². The van der Waals surface area contributed by atoms with Gasteiger partial charge in [0.15, 0.2) is 0 Å². The minimum atomic E-state index is -2.13. The Labute approximate surface area is 121 Å². The maximum Gasteiger partial charge on any atom is 0.0728 e. The second-order valence-corrected chi connectivity index (χ2v) is 6.01. The molecule has 2 heteroatoms. The molecule has 1 fully saturated rings. The van der Waals surface area contributed by atoms with Crippen molar-refractivity contribution in [3.8, 4) is 0 Å². The first-order valence-corrected chi connectivity index (χ1v) is 7.22. The highest BCUT2D eigenvalue weighted by Crippen LogP contribution is 2.40. The minimum absolute atomic E-state index is 0.168. The molecule has 2 rings (SSSR count). The van der Waals surface area contributed by atoms with E-state index in [4.69, 9.17) is 4.11 Å². The SMILES string of the molecule is [2H]C([2H])([2H])N(C)C[C@H](c1ccc(C)cc1)C1(O)CCCCC1. The van der Waals surface area contributed by atoms with E-state index in [1.54, 1.807) is 7.05 Å². The highest BCUT2D eigenvalue weighted by Gasteiger charge is 2.38. The minimum Gasteiger partial charge on any atom is -0.389 e. The molecule has 2 nitrogen and oxygen atoms in total. The highest BCUT2D eigenvalue weighted by atomic mass is 16.3. The summed E-state index contributed by atoms with van der Waals surface area (Å²) in [7, 11) is 1.61. The third kappa shape index (κ3) is 3.58. The van der Waals surface area contributed by atoms with Crippen LogP contribution in [0.25, 0.3) is 0 Å². The van der Waals surface area contributed by atoms with Crippen LogP contribution in [0.3, 0.4) is 0 Å². The molecule has 1 N–H and O–H groups in total. The van der Waals surface area contributed by atoms with Gasteiger partial charge in [-0.15, -0.1) is 0 Å². The number of nitrogens with zero attached hydrogens (tertiary/aromatic N) is 1. The number of benzene rings is 1. The Morgan fingerprint density at radius 2 is 1.89 bits per heavy atom. The Balaban J connectivity index is 2.29. The van der Waals surface area contributed by atoms with Crippen LogP contribution in [0.5, 0.6) is 0 Å². The first-order valence-electron chi connectivity index (χ1n) is 8.72. The van der Waals surface area contributed by atoms with Crippen molar-refractivity contribution < 1.29 is 9.22 Å². The van der Waals surface area contributed by atoms with Gasteiger partial charge >= 0.3 is 0 Å². The molecule has 1 aliphatic carbocycles. The smallest absolute Gasteiger partial charge is 0.0728 e. The summed E-state index contributed by atoms with van der Waals surface area (Å²) in [5.41, 5.74) is 1.40. The van der Waals surface area contributed by atoms with Crippen LogP contribution in [-0.2, 0) is 0 Å². The molecule has 0 bridgehead atoms. The van der Waals surface area contributed by atoms with Gasteiger partial charge in [0.2, 0.25) is 0 Å². The number of aliphatic hydroxyl groups is 1. The van der Waals surface area contributed by atoms with E-state index in [0.717, 1.165) is 37.7 Å². The lowest BCUT2D eigenvalue weighted by atomic mass is 9.72. The van der Waals surface area contributed by atoms with Gasteiger partial charge in [0.25, 0.3) is 0 Å². The largest absolute Gasteiger partial charge is 0.389 e. The summed E-state index contributed by atoms with van der Waals surface area (Å²) in [6, 6.07) is 8.12. The maximum atomic E-state index is 11.2. The number of likely N-dealkylation sites (N-methyl/N-ethyl adjacent to an activating group) is 1. The summed E-state index contributed by atoms with van der Waals surface area (Å²) in [4.78, 5) is 1.38. The summed E-state index contributed by atoms with van der Waals surface area (Å²) in [5.74, 6) is -0.168. The van der Waals surface area contributed by atoms with Gasteiger partial charge in [-0.3, -0.25) is 0 Å². The van der Waals surface area contributed by atoms with Crippen molar-refractivity contribution >= 4 is 0 Å². The lowest BCUT2D eigenvalue weighted by Gasteiger charge is -2.40. The summed E-state index contributed by atoms with van der Waals surface area (Å²) in [6.45, 7) is 0.243. The number of rotatable bonds is 4. The molecular formula is C17H27NO. The monoisotopic (exact) mass is 264 g/mol. The molecule has 0 unspecified atom stereocenters. The van der Waals surface area contributed by atoms with Crippen molar-refractivity contribution in [1.29, 1.82) is 0 Å². The Morgan fingerprint density at radius 3 is 2.47 bits per heavy atom. The Hall–Kier alpha value is -0.860. The average Bonchev–Trinajstić information content (AvgIpc) is 2.45. The van der Waals surface area contributed by atoms with E-state index in [-0.39, 0.29) is 5.92 Å². The van der Waals surface area contributed by atoms with E-state index in [2.05, 4.69) is 0 Å². The van der Waals surface area contributed by atoms with Gasteiger partial charge < -0.3 is 10.0 Å². The first kappa shape index (κ1) is 10.9. The fourth-order valence-corrected chi connectivity index (χ4v) is 3.17. The Morgan fingerprint density at radius 1 is 1.26 bits per heavy atom. The van der Waals surface area contributed by atoms with Crippen LogP contribution >= 0.6 is 0 Å². The van der Waals surface area contributed by atoms with Gasteiger partial charge in [-0.05, 0) is 39.4 Å². The molecule has 0 amide bonds. The summed E-state index contributed by atoms with van der Waals surface area (Å²) in [5, 5.41) is 11.2. The van der Waals surface area contributed by atoms with Crippen molar-refractivity contribution in [3.05, 3.63) is 35.4 Å². The zero-order chi connectivity index (χ0) is 16.4. The van der Waals surface area contributed by atoms with Crippen molar-refractivity contribution in [2.75, 3.05) is 20.6 Å². The van der Waals surface area contributed by atoms with Crippen molar-refractivity contribution in [2.45, 2.75) is 50.5 Å². The van der Waals surface area contributed by atoms with Crippen molar-refractivity contribution in [3.63, 3.8) is 0 Å². The fraction of sp³-hybridized carbons (Fsp3) is 0.647. The van der Waals surface area contributed by atoms with Crippen LogP contribution < -0.4 is 0 Å². The second-order valence-electron chi connectivity index (χ2n) is 6.01. The second kappa shape index (κ2) is 6.06. The number of hydrogen-bond donors (Lipinski definition) is 1. The number of hydrogen-bond acceptors (Lipinski definition) is 2. The molecule has 1 aromatic carbocycles. The molecule has 0 heterocycles. The average molecular weight is 264 g/mol. The molecule has 1 aromatic rings. The lowest BCUT2D eigenvalue weighted by molar-refractivity contribution is -0.0277. The molecule has 0 saturated heterocycles. The molecule has 0 radical (unpaired) electrons. The molecule has 106 valence electrons. The highest BCUT2D eigenvalue weighted by molar-refractivity contribution is 5.27. The normalized spacial score (nSPS) is 23.5. The molecule has 19 heavy (non-hydrogen) atoms. The zero-order valence-electron chi connectivity index (χ0n) is 15.0. The quantitative estimate of drug-likeness (QED) is 0.901. The van der Waals surface area contributed by atoms with E-state index < -0.39 is 12.6 Å². The Bertz CT molecular complexity index is 478. The van der Waals surface area contributed by atoms with Crippen LogP contribution in [-0.4, -0.2) is 36.2 Å². The zero-order valence-corrected chi connectivity index (χ0v) is 12.0. The molecule has 1 atom stereocenters. The first-order chi connectivity index (χ1) is 10.2. The molecular weight excluding hydrogens is 234 g/mol. The standard InChI is InChI=1S/C17H27NO/c1-14-7-9-15(10-8-14)16(13-18(2)3)17(19)11-5-4-6-12-17/h7-10,16,19H,4-6,11-13H2,1-3H3/t16-/m1/s1/i2D3. The predicted molar refractivity (Wildman–Crippen MR) is 80.5 cm³/mol. The van der Waals surface area contributed by atoms with Gasteiger partial charge in [-0.1, -0.05) is 49.1 Å². The summed E-state index contributed by atoms with van der Waals surface area (Å²) < 4.78 is 22.7. The third-order valence-electron chi connectivity index (χ3n) is 4.30. The summed E-state index contributed by atoms with van der Waals surface area (Å²) >= 11 is 0. The summed E-state index contributed by atoms with van der Waals surface area (Å²) in [6.07, 6.45) is 4.67. The van der Waals surface area contributed by atoms with Gasteiger partial charge in [0.05, 0.1) is 5.60 Å². The predicted octanol–water partition coefficient (Wildman–Crippen LogP) is 3.34. The van der Waals surface area contributed by atoms with Crippen LogP contribution in [0, 0.1) is 6.92 Å². The van der Waals surface area contributed by atoms with E-state index in [9.17, 15) is 5.11 Å². The lowest BCUT2D eigenvalue weighted by Crippen LogP contribution is -2.42. The van der Waals surface area contributed by atoms with Crippen LogP contribution in [0.4, 0.5) is 0 Å². The van der Waals surface area contributed by atoms with E-state index >= 15 is 0 Å². The topological polar surface area (TPSA) is 23.5 Å². The maximum absolute atomic E-state index is 11.2.